The first-order chi connectivity index (χ1) is 10.5. The SMILES string of the molecule is Cc1nn(C)c(C)c1CN1CCN(c2ccc(N)cc2)CC1. The Balaban J connectivity index is 1.61. The Hall–Kier alpha value is -2.01. The quantitative estimate of drug-likeness (QED) is 0.880. The molecule has 22 heavy (non-hydrogen) atoms. The number of nitrogens with two attached hydrogens (primary N) is 1. The van der Waals surface area contributed by atoms with Gasteiger partial charge in [-0.1, -0.05) is 0 Å². The highest BCUT2D eigenvalue weighted by molar-refractivity contribution is 5.53. The number of nitrogen functional groups attached to an aromatic ring is 1. The van der Waals surface area contributed by atoms with Crippen molar-refractivity contribution in [3.8, 4) is 0 Å². The summed E-state index contributed by atoms with van der Waals surface area (Å²) < 4.78 is 1.98. The summed E-state index contributed by atoms with van der Waals surface area (Å²) in [6.45, 7) is 9.54. The molecule has 5 heteroatoms. The predicted molar refractivity (Wildman–Crippen MR) is 91.0 cm³/mol. The van der Waals surface area contributed by atoms with Gasteiger partial charge in [-0.25, -0.2) is 0 Å². The lowest BCUT2D eigenvalue weighted by Gasteiger charge is -2.36. The van der Waals surface area contributed by atoms with Crippen LogP contribution < -0.4 is 10.6 Å². The average molecular weight is 299 g/mol. The third-order valence-electron chi connectivity index (χ3n) is 4.67. The lowest BCUT2D eigenvalue weighted by molar-refractivity contribution is 0.249. The normalized spacial score (nSPS) is 16.2. The molecule has 0 radical (unpaired) electrons. The van der Waals surface area contributed by atoms with Crippen molar-refractivity contribution in [3.05, 3.63) is 41.2 Å². The predicted octanol–water partition coefficient (Wildman–Crippen LogP) is 1.94. The molecule has 2 aromatic rings. The average Bonchev–Trinajstić information content (AvgIpc) is 2.75. The number of hydrogen-bond donors (Lipinski definition) is 1. The Bertz CT molecular complexity index is 636. The summed E-state index contributed by atoms with van der Waals surface area (Å²) in [5.74, 6) is 0. The number of piperazine rings is 1. The van der Waals surface area contributed by atoms with Gasteiger partial charge < -0.3 is 10.6 Å². The molecule has 1 saturated heterocycles. The third kappa shape index (κ3) is 2.95. The first-order valence-corrected chi connectivity index (χ1v) is 7.86. The van der Waals surface area contributed by atoms with Gasteiger partial charge in [-0.05, 0) is 38.1 Å². The number of benzene rings is 1. The zero-order valence-electron chi connectivity index (χ0n) is 13.7. The first kappa shape index (κ1) is 14.9. The Labute approximate surface area is 132 Å². The molecule has 3 rings (SSSR count). The minimum Gasteiger partial charge on any atom is -0.399 e. The molecular weight excluding hydrogens is 274 g/mol. The van der Waals surface area contributed by atoms with E-state index < -0.39 is 0 Å². The molecular formula is C17H25N5. The summed E-state index contributed by atoms with van der Waals surface area (Å²) in [7, 11) is 2.02. The van der Waals surface area contributed by atoms with E-state index in [1.807, 2.05) is 23.9 Å². The van der Waals surface area contributed by atoms with Crippen molar-refractivity contribution in [2.45, 2.75) is 20.4 Å². The lowest BCUT2D eigenvalue weighted by Crippen LogP contribution is -2.46. The number of aryl methyl sites for hydroxylation is 2. The van der Waals surface area contributed by atoms with Gasteiger partial charge in [-0.15, -0.1) is 0 Å². The van der Waals surface area contributed by atoms with Crippen LogP contribution in [-0.2, 0) is 13.6 Å². The van der Waals surface area contributed by atoms with Crippen LogP contribution in [-0.4, -0.2) is 40.9 Å². The van der Waals surface area contributed by atoms with Crippen LogP contribution in [0.4, 0.5) is 11.4 Å². The highest BCUT2D eigenvalue weighted by Gasteiger charge is 2.19. The fourth-order valence-corrected chi connectivity index (χ4v) is 3.12. The van der Waals surface area contributed by atoms with Gasteiger partial charge in [-0.2, -0.15) is 5.10 Å². The molecule has 1 aromatic heterocycles. The minimum atomic E-state index is 0.824. The van der Waals surface area contributed by atoms with E-state index >= 15 is 0 Å². The number of hydrogen-bond acceptors (Lipinski definition) is 4. The van der Waals surface area contributed by atoms with Crippen molar-refractivity contribution in [1.82, 2.24) is 14.7 Å². The maximum absolute atomic E-state index is 5.76. The summed E-state index contributed by atoms with van der Waals surface area (Å²) in [6.07, 6.45) is 0. The largest absolute Gasteiger partial charge is 0.399 e. The van der Waals surface area contributed by atoms with Gasteiger partial charge >= 0.3 is 0 Å². The van der Waals surface area contributed by atoms with Crippen molar-refractivity contribution < 1.29 is 0 Å². The molecule has 0 saturated carbocycles. The number of anilines is 2. The van der Waals surface area contributed by atoms with Crippen LogP contribution in [0.2, 0.25) is 0 Å². The van der Waals surface area contributed by atoms with Gasteiger partial charge in [0.2, 0.25) is 0 Å². The van der Waals surface area contributed by atoms with Crippen LogP contribution in [0.3, 0.4) is 0 Å². The molecule has 0 atom stereocenters. The molecule has 2 heterocycles. The molecule has 0 amide bonds. The molecule has 0 bridgehead atoms. The molecule has 1 aliphatic rings. The van der Waals surface area contributed by atoms with Gasteiger partial charge in [-0.3, -0.25) is 9.58 Å². The molecule has 1 aliphatic heterocycles. The molecule has 2 N–H and O–H groups in total. The monoisotopic (exact) mass is 299 g/mol. The molecule has 1 fully saturated rings. The summed E-state index contributed by atoms with van der Waals surface area (Å²) >= 11 is 0. The summed E-state index contributed by atoms with van der Waals surface area (Å²) in [4.78, 5) is 4.95. The van der Waals surface area contributed by atoms with E-state index in [-0.39, 0.29) is 0 Å². The van der Waals surface area contributed by atoms with E-state index in [1.165, 1.54) is 16.9 Å². The Morgan fingerprint density at radius 1 is 1.05 bits per heavy atom. The van der Waals surface area contributed by atoms with Crippen molar-refractivity contribution in [2.24, 2.45) is 7.05 Å². The van der Waals surface area contributed by atoms with Crippen molar-refractivity contribution in [2.75, 3.05) is 36.8 Å². The number of rotatable bonds is 3. The van der Waals surface area contributed by atoms with Crippen molar-refractivity contribution >= 4 is 11.4 Å². The van der Waals surface area contributed by atoms with Crippen LogP contribution in [0.1, 0.15) is 17.0 Å². The van der Waals surface area contributed by atoms with E-state index in [0.29, 0.717) is 0 Å². The van der Waals surface area contributed by atoms with Gasteiger partial charge in [0.1, 0.15) is 0 Å². The minimum absolute atomic E-state index is 0.824. The van der Waals surface area contributed by atoms with Crippen LogP contribution in [0, 0.1) is 13.8 Å². The zero-order valence-corrected chi connectivity index (χ0v) is 13.7. The highest BCUT2D eigenvalue weighted by atomic mass is 15.3. The number of aromatic nitrogens is 2. The standard InChI is InChI=1S/C17H25N5/c1-13-17(14(2)20(3)19-13)12-21-8-10-22(11-9-21)16-6-4-15(18)5-7-16/h4-7H,8-12,18H2,1-3H3. The molecule has 0 aliphatic carbocycles. The Kier molecular flexibility index (Phi) is 4.07. The van der Waals surface area contributed by atoms with Crippen LogP contribution in [0.25, 0.3) is 0 Å². The summed E-state index contributed by atoms with van der Waals surface area (Å²) in [5, 5.41) is 4.51. The van der Waals surface area contributed by atoms with Crippen LogP contribution >= 0.6 is 0 Å². The second-order valence-corrected chi connectivity index (χ2v) is 6.13. The molecule has 5 nitrogen and oxygen atoms in total. The zero-order chi connectivity index (χ0) is 15.7. The van der Waals surface area contributed by atoms with Gasteiger partial charge in [0.25, 0.3) is 0 Å². The molecule has 0 unspecified atom stereocenters. The third-order valence-corrected chi connectivity index (χ3v) is 4.67. The maximum Gasteiger partial charge on any atom is 0.0641 e. The second-order valence-electron chi connectivity index (χ2n) is 6.13. The molecule has 1 aromatic carbocycles. The highest BCUT2D eigenvalue weighted by Crippen LogP contribution is 2.20. The van der Waals surface area contributed by atoms with E-state index in [0.717, 1.165) is 44.1 Å². The van der Waals surface area contributed by atoms with Gasteiger partial charge in [0.15, 0.2) is 0 Å². The first-order valence-electron chi connectivity index (χ1n) is 7.86. The summed E-state index contributed by atoms with van der Waals surface area (Å²) in [6, 6.07) is 8.18. The number of nitrogens with zero attached hydrogens (tertiary/aromatic N) is 4. The van der Waals surface area contributed by atoms with E-state index in [2.05, 4.69) is 40.9 Å². The molecule has 118 valence electrons. The molecule has 0 spiro atoms. The van der Waals surface area contributed by atoms with E-state index in [1.54, 1.807) is 0 Å². The van der Waals surface area contributed by atoms with Crippen molar-refractivity contribution in [3.63, 3.8) is 0 Å². The van der Waals surface area contributed by atoms with E-state index in [9.17, 15) is 0 Å². The second kappa shape index (κ2) is 6.01. The topological polar surface area (TPSA) is 50.3 Å². The lowest BCUT2D eigenvalue weighted by atomic mass is 10.1. The fraction of sp³-hybridized carbons (Fsp3) is 0.471. The summed E-state index contributed by atoms with van der Waals surface area (Å²) in [5.41, 5.74) is 11.7. The smallest absolute Gasteiger partial charge is 0.0641 e. The van der Waals surface area contributed by atoms with E-state index in [4.69, 9.17) is 5.73 Å². The maximum atomic E-state index is 5.76. The fourth-order valence-electron chi connectivity index (χ4n) is 3.12. The van der Waals surface area contributed by atoms with Gasteiger partial charge in [0.05, 0.1) is 5.69 Å². The Morgan fingerprint density at radius 2 is 1.68 bits per heavy atom. The van der Waals surface area contributed by atoms with Crippen LogP contribution in [0.5, 0.6) is 0 Å². The van der Waals surface area contributed by atoms with Crippen molar-refractivity contribution in [1.29, 1.82) is 0 Å². The van der Waals surface area contributed by atoms with Crippen LogP contribution in [0.15, 0.2) is 24.3 Å². The Morgan fingerprint density at radius 3 is 2.23 bits per heavy atom. The van der Waals surface area contributed by atoms with Gasteiger partial charge in [0, 0.05) is 62.4 Å².